The van der Waals surface area contributed by atoms with Crippen molar-refractivity contribution in [3.05, 3.63) is 27.3 Å². The van der Waals surface area contributed by atoms with E-state index in [1.165, 1.54) is 0 Å². The molecule has 0 spiro atoms. The van der Waals surface area contributed by atoms with Gasteiger partial charge in [0.2, 0.25) is 0 Å². The van der Waals surface area contributed by atoms with Gasteiger partial charge < -0.3 is 16.7 Å². The molecule has 1 atom stereocenters. The van der Waals surface area contributed by atoms with Crippen molar-refractivity contribution in [2.75, 3.05) is 26.1 Å². The van der Waals surface area contributed by atoms with Crippen molar-refractivity contribution in [1.82, 2.24) is 14.8 Å². The number of rotatable bonds is 6. The number of nitrogens with zero attached hydrogens (tertiary/aromatic N) is 2. The maximum absolute atomic E-state index is 13.4. The van der Waals surface area contributed by atoms with Crippen molar-refractivity contribution in [3.8, 4) is 5.75 Å². The Morgan fingerprint density at radius 3 is 3.04 bits per heavy atom. The number of carbonyl (C=O) groups is 1. The third-order valence-electron chi connectivity index (χ3n) is 3.46. The Hall–Kier alpha value is -0.600. The minimum Gasteiger partial charge on any atom is -1.00 e. The van der Waals surface area contributed by atoms with Crippen molar-refractivity contribution >= 4 is 65.2 Å². The molecule has 0 aliphatic carbocycles. The van der Waals surface area contributed by atoms with Gasteiger partial charge in [0, 0.05) is 35.8 Å². The predicted octanol–water partition coefficient (Wildman–Crippen LogP) is 2.05. The van der Waals surface area contributed by atoms with E-state index in [0.29, 0.717) is 11.3 Å². The smallest absolute Gasteiger partial charge is 1.00 e. The maximum atomic E-state index is 13.4. The third kappa shape index (κ3) is 5.07. The molecular weight excluding hydrogens is 390 g/mol. The molecule has 0 radical (unpaired) electrons. The molecule has 144 valence electrons. The van der Waals surface area contributed by atoms with Gasteiger partial charge in [-0.15, -0.1) is 11.3 Å². The predicted molar refractivity (Wildman–Crippen MR) is 110 cm³/mol. The number of hydrogen-bond donors (Lipinski definition) is 1. The molecule has 1 N–H and O–H groups in total. The van der Waals surface area contributed by atoms with Crippen LogP contribution in [-0.2, 0) is 0 Å². The average molecular weight is 435 g/mol. The van der Waals surface area contributed by atoms with Gasteiger partial charge >= 0.3 is 37.7 Å². The molecule has 1 saturated heterocycles. The molecule has 0 aromatic carbocycles. The van der Waals surface area contributed by atoms with Gasteiger partial charge in [-0.3, -0.25) is 14.2 Å². The van der Waals surface area contributed by atoms with Crippen LogP contribution in [0.1, 0.15) is 79.0 Å². The minimum atomic E-state index is -3.64. The molecule has 8 heteroatoms. The molecular formula is C19H27CaN3O3S. The van der Waals surface area contributed by atoms with Crippen molar-refractivity contribution in [2.24, 2.45) is 0 Å². The van der Waals surface area contributed by atoms with E-state index in [2.05, 4.69) is 0 Å². The Kier molecular flexibility index (Phi) is 3.28. The standard InChI is InChI=1S/C19H27N3O3S.Ca.H/c1-13(2)22-18(25)15(16(23)14-7-12-26-19(14)22)17(24)20-8-6-11-21-9-4-3-5-10-21;;/h7,12-13,23H,3-6,8-11H2,1-2H3,(H,20,24);;/q;+2;-1/p-1/i1D3,3D2,4D2,5D2,7D,9D2,10D2,12D,13D;;/hD. The van der Waals surface area contributed by atoms with Crippen LogP contribution in [0.4, 0.5) is 0 Å². The molecule has 27 heavy (non-hydrogen) atoms. The number of piperidine rings is 1. The maximum Gasteiger partial charge on any atom is 2.00 e. The molecule has 1 unspecified atom stereocenters. The third-order valence-corrected chi connectivity index (χ3v) is 4.25. The van der Waals surface area contributed by atoms with Crippen LogP contribution in [0.2, 0.25) is 1.41 Å². The van der Waals surface area contributed by atoms with E-state index in [9.17, 15) is 14.7 Å². The second kappa shape index (κ2) is 10.3. The number of nitrogens with one attached hydrogen (secondary N) is 1. The van der Waals surface area contributed by atoms with Gasteiger partial charge in [0.05, 0.1) is 9.68 Å². The van der Waals surface area contributed by atoms with E-state index in [1.807, 2.05) is 0 Å². The minimum absolute atomic E-state index is 0. The topological polar surface area (TPSA) is 77.4 Å². The van der Waals surface area contributed by atoms with Gasteiger partial charge in [-0.25, -0.2) is 0 Å². The number of fused-ring (bicyclic) bond motifs is 1. The second-order valence-corrected chi connectivity index (χ2v) is 6.02. The number of thiophene rings is 1. The summed E-state index contributed by atoms with van der Waals surface area (Å²) in [6.45, 7) is -11.0. The fourth-order valence-electron chi connectivity index (χ4n) is 2.31. The number of pyridine rings is 1. The van der Waals surface area contributed by atoms with E-state index in [0.717, 1.165) is 6.92 Å². The van der Waals surface area contributed by atoms with Crippen molar-refractivity contribution in [1.29, 1.82) is 0 Å². The van der Waals surface area contributed by atoms with Crippen LogP contribution in [0.15, 0.2) is 16.2 Å². The summed E-state index contributed by atoms with van der Waals surface area (Å²) in [5.41, 5.74) is -2.90. The molecule has 1 amide bonds. The molecule has 1 fully saturated rings. The van der Waals surface area contributed by atoms with Gasteiger partial charge in [0.25, 0.3) is 11.5 Å². The van der Waals surface area contributed by atoms with Crippen LogP contribution in [0.3, 0.4) is 0 Å². The van der Waals surface area contributed by atoms with Crippen LogP contribution in [0.25, 0.3) is 10.2 Å². The summed E-state index contributed by atoms with van der Waals surface area (Å²) in [4.78, 5) is 26.2. The zero-order chi connectivity index (χ0) is 33.7. The van der Waals surface area contributed by atoms with Crippen LogP contribution >= 0.6 is 11.3 Å². The first-order valence-electron chi connectivity index (χ1n) is 15.9. The van der Waals surface area contributed by atoms with Crippen molar-refractivity contribution in [2.45, 2.75) is 45.3 Å². The Labute approximate surface area is 219 Å². The number of aromatic nitrogens is 1. The van der Waals surface area contributed by atoms with Gasteiger partial charge in [-0.05, 0) is 63.9 Å². The fourth-order valence-corrected chi connectivity index (χ4v) is 3.12. The van der Waals surface area contributed by atoms with Crippen molar-refractivity contribution < 1.29 is 34.7 Å². The summed E-state index contributed by atoms with van der Waals surface area (Å²) in [5.74, 6) is -3.03. The Bertz CT molecular complexity index is 1490. The largest absolute Gasteiger partial charge is 2.00 e. The SMILES string of the molecule is [2H]c1sc2c(c1[2H])c([O-])c(C(=O)N([2H])CCCN1C([2H])([2H])C([2H])([2H])C([2H])([2H])C([2H])([2H])C1([2H])[2H])c(=O)n2C([2H])(C)C([2H])([2H])[2H].[Ca+2].[H-]. The number of hydrogen-bond acceptors (Lipinski definition) is 5. The summed E-state index contributed by atoms with van der Waals surface area (Å²) in [5, 5.41) is 11.9. The first-order valence-corrected chi connectivity index (χ1v) is 8.31. The quantitative estimate of drug-likeness (QED) is 0.706. The summed E-state index contributed by atoms with van der Waals surface area (Å²) < 4.78 is 136. The van der Waals surface area contributed by atoms with E-state index in [4.69, 9.17) is 23.3 Å². The monoisotopic (exact) mass is 434 g/mol. The summed E-state index contributed by atoms with van der Waals surface area (Å²) in [7, 11) is 0. The van der Waals surface area contributed by atoms with Crippen LogP contribution in [-0.4, -0.2) is 79.2 Å². The van der Waals surface area contributed by atoms with Crippen LogP contribution in [0.5, 0.6) is 5.75 Å². The molecule has 0 bridgehead atoms. The van der Waals surface area contributed by atoms with Gasteiger partial charge in [-0.1, -0.05) is 12.1 Å². The van der Waals surface area contributed by atoms with E-state index < -0.39 is 109 Å². The number of carbonyl (C=O) groups excluding carboxylic acids is 1. The van der Waals surface area contributed by atoms with E-state index in [1.54, 1.807) is 0 Å². The molecule has 0 saturated carbocycles. The molecule has 6 nitrogen and oxygen atoms in total. The first kappa shape index (κ1) is 8.64. The van der Waals surface area contributed by atoms with E-state index in [-0.39, 0.29) is 53.9 Å². The van der Waals surface area contributed by atoms with E-state index >= 15 is 0 Å². The molecule has 1 aliphatic rings. The van der Waals surface area contributed by atoms with Crippen molar-refractivity contribution in [3.63, 3.8) is 0 Å². The normalized spacial score (nSPS) is 36.3. The van der Waals surface area contributed by atoms with Gasteiger partial charge in [0.15, 0.2) is 1.41 Å². The van der Waals surface area contributed by atoms with Gasteiger partial charge in [-0.2, -0.15) is 0 Å². The summed E-state index contributed by atoms with van der Waals surface area (Å²) >= 11 is 0.370. The Morgan fingerprint density at radius 1 is 1.59 bits per heavy atom. The Balaban J connectivity index is 0.00000506. The molecule has 2 aromatic heterocycles. The zero-order valence-electron chi connectivity index (χ0n) is 32.3. The molecule has 3 heterocycles. The van der Waals surface area contributed by atoms with Crippen LogP contribution < -0.4 is 16.0 Å². The van der Waals surface area contributed by atoms with Gasteiger partial charge in [0.1, 0.15) is 4.83 Å². The second-order valence-electron chi connectivity index (χ2n) is 5.23. The fraction of sp³-hybridized carbons (Fsp3) is 0.579. The average Bonchev–Trinajstić information content (AvgIpc) is 3.12. The molecule has 3 rings (SSSR count). The molecule has 1 aliphatic heterocycles. The number of likely N-dealkylation sites (tertiary alicyclic amines) is 1. The summed E-state index contributed by atoms with van der Waals surface area (Å²) in [6.07, 6.45) is -11.4. The first-order chi connectivity index (χ1) is 19.0. The van der Waals surface area contributed by atoms with Crippen LogP contribution in [0, 0.1) is 0 Å². The number of amides is 1. The zero-order valence-corrected chi connectivity index (χ0v) is 17.3. The molecule has 2 aromatic rings. The summed E-state index contributed by atoms with van der Waals surface area (Å²) in [6, 6.07) is -3.54. The Morgan fingerprint density at radius 2 is 2.33 bits per heavy atom.